The lowest BCUT2D eigenvalue weighted by molar-refractivity contribution is 0.443. The Labute approximate surface area is 130 Å². The van der Waals surface area contributed by atoms with Crippen LogP contribution in [-0.4, -0.2) is 14.9 Å². The molecule has 0 radical (unpaired) electrons. The Morgan fingerprint density at radius 2 is 1.73 bits per heavy atom. The highest BCUT2D eigenvalue weighted by Gasteiger charge is 2.18. The van der Waals surface area contributed by atoms with Crippen LogP contribution in [0.1, 0.15) is 23.6 Å². The van der Waals surface area contributed by atoms with Crippen molar-refractivity contribution >= 4 is 0 Å². The van der Waals surface area contributed by atoms with E-state index in [0.29, 0.717) is 0 Å². The number of benzene rings is 2. The van der Waals surface area contributed by atoms with Crippen molar-refractivity contribution in [1.82, 2.24) is 9.78 Å². The Morgan fingerprint density at radius 3 is 2.36 bits per heavy atom. The number of hydrogen-bond acceptors (Lipinski definition) is 2. The Morgan fingerprint density at radius 1 is 1.00 bits per heavy atom. The van der Waals surface area contributed by atoms with Crippen molar-refractivity contribution in [2.75, 3.05) is 0 Å². The van der Waals surface area contributed by atoms with Crippen LogP contribution >= 0.6 is 0 Å². The second-order valence-electron chi connectivity index (χ2n) is 5.62. The van der Waals surface area contributed by atoms with Gasteiger partial charge < -0.3 is 5.11 Å². The van der Waals surface area contributed by atoms with Gasteiger partial charge in [-0.25, -0.2) is 4.68 Å². The molecule has 1 N–H and O–H groups in total. The fourth-order valence-electron chi connectivity index (χ4n) is 2.72. The third kappa shape index (κ3) is 2.50. The van der Waals surface area contributed by atoms with E-state index in [9.17, 15) is 5.11 Å². The Hall–Kier alpha value is -2.55. The lowest BCUT2D eigenvalue weighted by Gasteiger charge is -2.10. The maximum absolute atomic E-state index is 10.2. The predicted octanol–water partition coefficient (Wildman–Crippen LogP) is 4.42. The van der Waals surface area contributed by atoms with Gasteiger partial charge in [0.05, 0.1) is 11.4 Å². The van der Waals surface area contributed by atoms with Crippen LogP contribution < -0.4 is 0 Å². The molecule has 3 nitrogen and oxygen atoms in total. The summed E-state index contributed by atoms with van der Waals surface area (Å²) < 4.78 is 1.84. The average Bonchev–Trinajstić information content (AvgIpc) is 2.84. The van der Waals surface area contributed by atoms with Crippen molar-refractivity contribution in [3.8, 4) is 22.8 Å². The number of hydrogen-bond donors (Lipinski definition) is 1. The van der Waals surface area contributed by atoms with E-state index < -0.39 is 0 Å². The molecule has 2 aromatic carbocycles. The first-order chi connectivity index (χ1) is 10.6. The minimum absolute atomic E-state index is 0.111. The number of nitrogens with zero attached hydrogens (tertiary/aromatic N) is 2. The van der Waals surface area contributed by atoms with Crippen LogP contribution in [0.3, 0.4) is 0 Å². The summed E-state index contributed by atoms with van der Waals surface area (Å²) in [5, 5.41) is 14.6. The van der Waals surface area contributed by atoms with Crippen molar-refractivity contribution in [1.29, 1.82) is 0 Å². The van der Waals surface area contributed by atoms with Crippen molar-refractivity contribution < 1.29 is 5.11 Å². The fraction of sp³-hybridized carbons (Fsp3) is 0.211. The smallest absolute Gasteiger partial charge is 0.234 e. The third-order valence-electron chi connectivity index (χ3n) is 3.89. The average molecular weight is 292 g/mol. The lowest BCUT2D eigenvalue weighted by Crippen LogP contribution is -2.00. The summed E-state index contributed by atoms with van der Waals surface area (Å²) in [6.45, 7) is 6.16. The highest BCUT2D eigenvalue weighted by atomic mass is 16.3. The van der Waals surface area contributed by atoms with E-state index in [1.807, 2.05) is 23.7 Å². The molecule has 3 heteroatoms. The summed E-state index contributed by atoms with van der Waals surface area (Å²) in [6, 6.07) is 16.5. The zero-order valence-corrected chi connectivity index (χ0v) is 13.2. The van der Waals surface area contributed by atoms with Crippen LogP contribution in [0.15, 0.2) is 48.5 Å². The molecule has 1 aromatic heterocycles. The summed E-state index contributed by atoms with van der Waals surface area (Å²) in [4.78, 5) is 0. The number of aromatic hydroxyl groups is 1. The van der Waals surface area contributed by atoms with E-state index in [0.717, 1.165) is 28.9 Å². The molecule has 0 aliphatic heterocycles. The van der Waals surface area contributed by atoms with Gasteiger partial charge in [0.2, 0.25) is 5.88 Å². The zero-order valence-electron chi connectivity index (χ0n) is 13.2. The summed E-state index contributed by atoms with van der Waals surface area (Å²) in [5.74, 6) is 0.111. The first-order valence-corrected chi connectivity index (χ1v) is 7.55. The fourth-order valence-corrected chi connectivity index (χ4v) is 2.72. The molecule has 0 bridgehead atoms. The van der Waals surface area contributed by atoms with Gasteiger partial charge in [-0.3, -0.25) is 0 Å². The molecular weight excluding hydrogens is 272 g/mol. The Balaban J connectivity index is 2.25. The first kappa shape index (κ1) is 14.4. The number of aromatic nitrogens is 2. The van der Waals surface area contributed by atoms with Crippen molar-refractivity contribution in [2.24, 2.45) is 0 Å². The quantitative estimate of drug-likeness (QED) is 0.775. The van der Waals surface area contributed by atoms with Gasteiger partial charge in [0.1, 0.15) is 0 Å². The first-order valence-electron chi connectivity index (χ1n) is 7.55. The standard InChI is InChI=1S/C19H20N2O/c1-4-17-18(15-10-8-13(2)9-11-15)21(20-19(17)22)16-7-5-6-14(3)12-16/h5-12H,4H2,1-3H3,(H,20,22). The van der Waals surface area contributed by atoms with E-state index in [4.69, 9.17) is 0 Å². The molecule has 0 atom stereocenters. The van der Waals surface area contributed by atoms with E-state index in [2.05, 4.69) is 55.3 Å². The van der Waals surface area contributed by atoms with Crippen LogP contribution in [0.2, 0.25) is 0 Å². The molecule has 0 saturated carbocycles. The minimum atomic E-state index is 0.111. The van der Waals surface area contributed by atoms with Crippen LogP contribution in [0.25, 0.3) is 16.9 Å². The Bertz CT molecular complexity index is 801. The third-order valence-corrected chi connectivity index (χ3v) is 3.89. The Kier molecular flexibility index (Phi) is 3.72. The van der Waals surface area contributed by atoms with Crippen LogP contribution in [0.5, 0.6) is 5.88 Å². The van der Waals surface area contributed by atoms with Gasteiger partial charge in [0.15, 0.2) is 0 Å². The normalized spacial score (nSPS) is 10.9. The van der Waals surface area contributed by atoms with Gasteiger partial charge in [0, 0.05) is 11.1 Å². The monoisotopic (exact) mass is 292 g/mol. The molecule has 3 aromatic rings. The van der Waals surface area contributed by atoms with Crippen molar-refractivity contribution in [3.05, 3.63) is 65.2 Å². The highest BCUT2D eigenvalue weighted by Crippen LogP contribution is 2.33. The maximum atomic E-state index is 10.2. The predicted molar refractivity (Wildman–Crippen MR) is 89.5 cm³/mol. The van der Waals surface area contributed by atoms with Gasteiger partial charge in [-0.1, -0.05) is 48.9 Å². The molecule has 0 saturated heterocycles. The van der Waals surface area contributed by atoms with Crippen LogP contribution in [0, 0.1) is 13.8 Å². The van der Waals surface area contributed by atoms with E-state index in [1.165, 1.54) is 11.1 Å². The van der Waals surface area contributed by atoms with Gasteiger partial charge in [-0.15, -0.1) is 5.10 Å². The summed E-state index contributed by atoms with van der Waals surface area (Å²) >= 11 is 0. The second-order valence-corrected chi connectivity index (χ2v) is 5.62. The molecule has 0 spiro atoms. The molecule has 0 aliphatic rings. The molecule has 0 aliphatic carbocycles. The highest BCUT2D eigenvalue weighted by molar-refractivity contribution is 5.68. The van der Waals surface area contributed by atoms with E-state index in [1.54, 1.807) is 0 Å². The molecule has 3 rings (SSSR count). The van der Waals surface area contributed by atoms with Crippen molar-refractivity contribution in [3.63, 3.8) is 0 Å². The summed E-state index contributed by atoms with van der Waals surface area (Å²) in [5.41, 5.74) is 6.26. The SMILES string of the molecule is CCc1c(O)nn(-c2cccc(C)c2)c1-c1ccc(C)cc1. The molecular formula is C19H20N2O. The van der Waals surface area contributed by atoms with E-state index >= 15 is 0 Å². The molecule has 0 amide bonds. The molecule has 22 heavy (non-hydrogen) atoms. The van der Waals surface area contributed by atoms with Gasteiger partial charge >= 0.3 is 0 Å². The molecule has 112 valence electrons. The maximum Gasteiger partial charge on any atom is 0.234 e. The zero-order chi connectivity index (χ0) is 15.7. The topological polar surface area (TPSA) is 38.1 Å². The van der Waals surface area contributed by atoms with Crippen LogP contribution in [-0.2, 0) is 6.42 Å². The van der Waals surface area contributed by atoms with Gasteiger partial charge in [0.25, 0.3) is 0 Å². The molecule has 0 unspecified atom stereocenters. The number of rotatable bonds is 3. The van der Waals surface area contributed by atoms with Crippen LogP contribution in [0.4, 0.5) is 0 Å². The molecule has 0 fully saturated rings. The van der Waals surface area contributed by atoms with Gasteiger partial charge in [-0.05, 0) is 38.0 Å². The lowest BCUT2D eigenvalue weighted by atomic mass is 10.0. The van der Waals surface area contributed by atoms with Crippen molar-refractivity contribution in [2.45, 2.75) is 27.2 Å². The number of aryl methyl sites for hydroxylation is 2. The summed E-state index contributed by atoms with van der Waals surface area (Å²) in [7, 11) is 0. The summed E-state index contributed by atoms with van der Waals surface area (Å²) in [6.07, 6.45) is 0.737. The van der Waals surface area contributed by atoms with E-state index in [-0.39, 0.29) is 5.88 Å². The second kappa shape index (κ2) is 5.68. The van der Waals surface area contributed by atoms with Gasteiger partial charge in [-0.2, -0.15) is 0 Å². The molecule has 1 heterocycles. The minimum Gasteiger partial charge on any atom is -0.492 e. The largest absolute Gasteiger partial charge is 0.492 e.